The van der Waals surface area contributed by atoms with Gasteiger partial charge in [0.05, 0.1) is 21.2 Å². The van der Waals surface area contributed by atoms with Crippen molar-refractivity contribution in [3.8, 4) is 0 Å². The minimum absolute atomic E-state index is 0.119. The number of carbonyl (C=O) groups is 1. The molecule has 1 saturated heterocycles. The van der Waals surface area contributed by atoms with E-state index < -0.39 is 10.0 Å². The normalized spacial score (nSPS) is 14.8. The van der Waals surface area contributed by atoms with Crippen LogP contribution >= 0.6 is 11.6 Å². The highest BCUT2D eigenvalue weighted by Gasteiger charge is 2.25. The quantitative estimate of drug-likeness (QED) is 0.501. The lowest BCUT2D eigenvalue weighted by atomic mass is 9.90. The van der Waals surface area contributed by atoms with Crippen LogP contribution in [-0.4, -0.2) is 32.3 Å². The average Bonchev–Trinajstić information content (AvgIpc) is 2.80. The van der Waals surface area contributed by atoms with Gasteiger partial charge in [0.15, 0.2) is 0 Å². The van der Waals surface area contributed by atoms with Crippen molar-refractivity contribution in [2.24, 2.45) is 5.92 Å². The Kier molecular flexibility index (Phi) is 7.05. The van der Waals surface area contributed by atoms with E-state index in [0.29, 0.717) is 30.3 Å². The summed E-state index contributed by atoms with van der Waals surface area (Å²) in [4.78, 5) is 15.0. The van der Waals surface area contributed by atoms with Crippen LogP contribution in [0.4, 0.5) is 5.69 Å². The van der Waals surface area contributed by atoms with E-state index in [1.54, 1.807) is 36.4 Å². The van der Waals surface area contributed by atoms with E-state index in [1.807, 2.05) is 17.9 Å². The predicted molar refractivity (Wildman–Crippen MR) is 132 cm³/mol. The second-order valence-electron chi connectivity index (χ2n) is 8.54. The summed E-state index contributed by atoms with van der Waals surface area (Å²) < 4.78 is 27.8. The van der Waals surface area contributed by atoms with Crippen LogP contribution in [0, 0.1) is 12.8 Å². The molecule has 0 aromatic heterocycles. The molecule has 0 atom stereocenters. The molecule has 1 amide bonds. The zero-order valence-corrected chi connectivity index (χ0v) is 20.1. The third-order valence-electron chi connectivity index (χ3n) is 6.05. The molecule has 1 aliphatic rings. The van der Waals surface area contributed by atoms with Gasteiger partial charge >= 0.3 is 0 Å². The van der Waals surface area contributed by atoms with E-state index in [2.05, 4.69) is 29.0 Å². The Morgan fingerprint density at radius 2 is 1.67 bits per heavy atom. The van der Waals surface area contributed by atoms with Crippen LogP contribution in [-0.2, 0) is 16.4 Å². The third-order valence-corrected chi connectivity index (χ3v) is 7.76. The van der Waals surface area contributed by atoms with Gasteiger partial charge in [0.25, 0.3) is 15.9 Å². The van der Waals surface area contributed by atoms with Crippen molar-refractivity contribution in [3.05, 3.63) is 94.5 Å². The fourth-order valence-electron chi connectivity index (χ4n) is 4.14. The number of nitrogens with zero attached hydrogens (tertiary/aromatic N) is 1. The zero-order valence-electron chi connectivity index (χ0n) is 18.5. The largest absolute Gasteiger partial charge is 0.339 e. The third kappa shape index (κ3) is 5.75. The zero-order chi connectivity index (χ0) is 23.4. The van der Waals surface area contributed by atoms with Gasteiger partial charge in [-0.05, 0) is 68.0 Å². The number of piperidine rings is 1. The van der Waals surface area contributed by atoms with E-state index >= 15 is 0 Å². The molecule has 33 heavy (non-hydrogen) atoms. The molecular formula is C26H27ClN2O3S. The summed E-state index contributed by atoms with van der Waals surface area (Å²) in [6.45, 7) is 3.27. The predicted octanol–water partition coefficient (Wildman–Crippen LogP) is 5.54. The maximum atomic E-state index is 13.0. The van der Waals surface area contributed by atoms with Gasteiger partial charge in [-0.25, -0.2) is 8.42 Å². The molecule has 0 saturated carbocycles. The summed E-state index contributed by atoms with van der Waals surface area (Å²) in [7, 11) is -3.74. The number of hydrogen-bond donors (Lipinski definition) is 1. The molecular weight excluding hydrogens is 456 g/mol. The molecule has 0 unspecified atom stereocenters. The minimum atomic E-state index is -3.74. The van der Waals surface area contributed by atoms with Crippen molar-refractivity contribution >= 4 is 33.2 Å². The first-order chi connectivity index (χ1) is 15.8. The van der Waals surface area contributed by atoms with Gasteiger partial charge in [0.1, 0.15) is 0 Å². The molecule has 0 radical (unpaired) electrons. The van der Waals surface area contributed by atoms with Crippen LogP contribution in [0.15, 0.2) is 77.7 Å². The number of halogens is 1. The molecule has 1 N–H and O–H groups in total. The van der Waals surface area contributed by atoms with Gasteiger partial charge in [-0.2, -0.15) is 0 Å². The Hall–Kier alpha value is -2.83. The molecule has 0 aliphatic carbocycles. The lowest BCUT2D eigenvalue weighted by molar-refractivity contribution is 0.0691. The number of aryl methyl sites for hydroxylation is 1. The van der Waals surface area contributed by atoms with Crippen LogP contribution < -0.4 is 4.72 Å². The summed E-state index contributed by atoms with van der Waals surface area (Å²) in [5.41, 5.74) is 3.01. The van der Waals surface area contributed by atoms with Gasteiger partial charge in [0.2, 0.25) is 0 Å². The molecule has 7 heteroatoms. The Morgan fingerprint density at radius 3 is 2.30 bits per heavy atom. The highest BCUT2D eigenvalue weighted by Crippen LogP contribution is 2.27. The Morgan fingerprint density at radius 1 is 1.00 bits per heavy atom. The van der Waals surface area contributed by atoms with Crippen molar-refractivity contribution in [2.45, 2.75) is 31.1 Å². The fourth-order valence-corrected chi connectivity index (χ4v) is 5.45. The molecule has 1 heterocycles. The van der Waals surface area contributed by atoms with Gasteiger partial charge in [-0.3, -0.25) is 9.52 Å². The number of rotatable bonds is 6. The van der Waals surface area contributed by atoms with Gasteiger partial charge in [-0.1, -0.05) is 59.6 Å². The Balaban J connectivity index is 1.38. The number of hydrogen-bond acceptors (Lipinski definition) is 3. The van der Waals surface area contributed by atoms with E-state index in [4.69, 9.17) is 11.6 Å². The summed E-state index contributed by atoms with van der Waals surface area (Å²) in [5.74, 6) is 0.441. The molecule has 4 rings (SSSR count). The second-order valence-corrected chi connectivity index (χ2v) is 10.6. The van der Waals surface area contributed by atoms with E-state index in [1.165, 1.54) is 11.6 Å². The first-order valence-corrected chi connectivity index (χ1v) is 12.9. The summed E-state index contributed by atoms with van der Waals surface area (Å²) in [6.07, 6.45) is 2.93. The van der Waals surface area contributed by atoms with Gasteiger partial charge < -0.3 is 4.90 Å². The van der Waals surface area contributed by atoms with E-state index in [9.17, 15) is 13.2 Å². The van der Waals surface area contributed by atoms with Crippen molar-refractivity contribution in [3.63, 3.8) is 0 Å². The van der Waals surface area contributed by atoms with Crippen LogP contribution in [0.5, 0.6) is 0 Å². The van der Waals surface area contributed by atoms with Crippen molar-refractivity contribution in [2.75, 3.05) is 17.8 Å². The number of nitrogens with one attached hydrogen (secondary N) is 1. The molecule has 3 aromatic carbocycles. The average molecular weight is 483 g/mol. The maximum absolute atomic E-state index is 13.0. The van der Waals surface area contributed by atoms with Crippen LogP contribution in [0.1, 0.15) is 34.3 Å². The Labute approximate surface area is 200 Å². The second kappa shape index (κ2) is 9.98. The minimum Gasteiger partial charge on any atom is -0.339 e. The number of benzene rings is 3. The van der Waals surface area contributed by atoms with Gasteiger partial charge in [0, 0.05) is 13.1 Å². The molecule has 5 nitrogen and oxygen atoms in total. The first kappa shape index (κ1) is 23.3. The number of carbonyl (C=O) groups excluding carboxylic acids is 1. The highest BCUT2D eigenvalue weighted by atomic mass is 35.5. The lowest BCUT2D eigenvalue weighted by Gasteiger charge is -2.32. The maximum Gasteiger partial charge on any atom is 0.261 e. The topological polar surface area (TPSA) is 66.5 Å². The van der Waals surface area contributed by atoms with Crippen molar-refractivity contribution in [1.29, 1.82) is 0 Å². The lowest BCUT2D eigenvalue weighted by Crippen LogP contribution is -2.39. The number of anilines is 1. The van der Waals surface area contributed by atoms with E-state index in [-0.39, 0.29) is 15.8 Å². The molecule has 172 valence electrons. The van der Waals surface area contributed by atoms with Crippen molar-refractivity contribution in [1.82, 2.24) is 4.90 Å². The number of sulfonamides is 1. The van der Waals surface area contributed by atoms with Crippen molar-refractivity contribution < 1.29 is 13.2 Å². The highest BCUT2D eigenvalue weighted by molar-refractivity contribution is 7.92. The molecule has 0 bridgehead atoms. The monoisotopic (exact) mass is 482 g/mol. The summed E-state index contributed by atoms with van der Waals surface area (Å²) in [5, 5.41) is 0.232. The smallest absolute Gasteiger partial charge is 0.261 e. The summed E-state index contributed by atoms with van der Waals surface area (Å²) in [6, 6.07) is 21.7. The van der Waals surface area contributed by atoms with Crippen LogP contribution in [0.2, 0.25) is 5.02 Å². The van der Waals surface area contributed by atoms with Gasteiger partial charge in [-0.15, -0.1) is 0 Å². The van der Waals surface area contributed by atoms with E-state index in [0.717, 1.165) is 24.8 Å². The number of likely N-dealkylation sites (tertiary alicyclic amines) is 1. The fraction of sp³-hybridized carbons (Fsp3) is 0.269. The molecule has 1 fully saturated rings. The molecule has 3 aromatic rings. The molecule has 1 aliphatic heterocycles. The Bertz CT molecular complexity index is 1220. The number of amides is 1. The molecule has 0 spiro atoms. The first-order valence-electron chi connectivity index (χ1n) is 11.0. The standard InChI is InChI=1S/C26H27ClN2O3S/c1-19-7-10-23(11-8-19)33(31,32)28-22-9-12-24(25(27)18-22)26(30)29-15-13-21(14-16-29)17-20-5-3-2-4-6-20/h2-12,18,21,28H,13-17H2,1H3. The van der Waals surface area contributed by atoms with Crippen LogP contribution in [0.3, 0.4) is 0 Å². The summed E-state index contributed by atoms with van der Waals surface area (Å²) >= 11 is 6.39. The SMILES string of the molecule is Cc1ccc(S(=O)(=O)Nc2ccc(C(=O)N3CCC(Cc4ccccc4)CC3)c(Cl)c2)cc1. The van der Waals surface area contributed by atoms with Crippen LogP contribution in [0.25, 0.3) is 0 Å².